The number of nitrogens with one attached hydrogen (secondary N) is 1. The molecule has 0 aliphatic rings. The Labute approximate surface area is 86.2 Å². The Morgan fingerprint density at radius 1 is 1.43 bits per heavy atom. The first-order chi connectivity index (χ1) is 6.50. The van der Waals surface area contributed by atoms with E-state index in [1.807, 2.05) is 5.32 Å². The number of halogens is 4. The van der Waals surface area contributed by atoms with Crippen LogP contribution in [0.1, 0.15) is 0 Å². The lowest BCUT2D eigenvalue weighted by atomic mass is 10.3. The van der Waals surface area contributed by atoms with Crippen molar-refractivity contribution in [2.24, 2.45) is 0 Å². The van der Waals surface area contributed by atoms with Gasteiger partial charge in [-0.15, -0.1) is 0 Å². The number of carbonyl (C=O) groups is 1. The van der Waals surface area contributed by atoms with Crippen LogP contribution in [0.4, 0.5) is 18.9 Å². The topological polar surface area (TPSA) is 29.1 Å². The summed E-state index contributed by atoms with van der Waals surface area (Å²) in [5, 5.41) is 1.86. The predicted molar refractivity (Wildman–Crippen MR) is 48.7 cm³/mol. The third kappa shape index (κ3) is 2.73. The smallest absolute Gasteiger partial charge is 0.315 e. The Bertz CT molecular complexity index is 356. The van der Waals surface area contributed by atoms with Gasteiger partial charge in [-0.25, -0.2) is 4.39 Å². The first kappa shape index (κ1) is 11.0. The van der Waals surface area contributed by atoms with E-state index in [0.717, 1.165) is 6.07 Å². The summed E-state index contributed by atoms with van der Waals surface area (Å²) in [4.78, 5) is 10.5. The van der Waals surface area contributed by atoms with E-state index in [4.69, 9.17) is 0 Å². The van der Waals surface area contributed by atoms with Crippen molar-refractivity contribution in [3.8, 4) is 0 Å². The first-order valence-corrected chi connectivity index (χ1v) is 4.34. The van der Waals surface area contributed by atoms with Gasteiger partial charge in [0.15, 0.2) is 0 Å². The maximum absolute atomic E-state index is 12.8. The molecular weight excluding hydrogens is 263 g/mol. The van der Waals surface area contributed by atoms with Gasteiger partial charge in [0, 0.05) is 5.69 Å². The number of benzene rings is 1. The summed E-state index contributed by atoms with van der Waals surface area (Å²) in [5.74, 6) is -2.08. The standard InChI is InChI=1S/C8H5BrF3NO/c9-5-2-1-4(3-6(5)10)13-8(14)7(11)12/h1-3,7H,(H,13,14). The third-order valence-electron chi connectivity index (χ3n) is 1.39. The van der Waals surface area contributed by atoms with Gasteiger partial charge in [-0.1, -0.05) is 0 Å². The summed E-state index contributed by atoms with van der Waals surface area (Å²) in [5.41, 5.74) is -0.00370. The normalized spacial score (nSPS) is 10.4. The summed E-state index contributed by atoms with van der Waals surface area (Å²) in [6.07, 6.45) is -3.11. The largest absolute Gasteiger partial charge is 0.321 e. The molecule has 1 aromatic carbocycles. The Balaban J connectivity index is 2.78. The van der Waals surface area contributed by atoms with Crippen molar-refractivity contribution in [2.45, 2.75) is 6.43 Å². The van der Waals surface area contributed by atoms with E-state index in [1.54, 1.807) is 0 Å². The number of carbonyl (C=O) groups excluding carboxylic acids is 1. The molecule has 1 aromatic rings. The van der Waals surface area contributed by atoms with Crippen LogP contribution in [-0.2, 0) is 4.79 Å². The zero-order valence-electron chi connectivity index (χ0n) is 6.73. The minimum atomic E-state index is -3.11. The molecule has 6 heteroatoms. The molecule has 0 radical (unpaired) electrons. The maximum Gasteiger partial charge on any atom is 0.315 e. The summed E-state index contributed by atoms with van der Waals surface area (Å²) < 4.78 is 36.6. The average Bonchev–Trinajstić information content (AvgIpc) is 2.11. The third-order valence-corrected chi connectivity index (χ3v) is 2.03. The molecule has 0 fully saturated rings. The summed E-state index contributed by atoms with van der Waals surface area (Å²) in [7, 11) is 0. The minimum absolute atomic E-state index is 0.00370. The second-order valence-corrected chi connectivity index (χ2v) is 3.27. The first-order valence-electron chi connectivity index (χ1n) is 3.55. The molecule has 1 N–H and O–H groups in total. The van der Waals surface area contributed by atoms with Crippen LogP contribution in [0.2, 0.25) is 0 Å². The molecule has 76 valence electrons. The quantitative estimate of drug-likeness (QED) is 0.877. The molecule has 14 heavy (non-hydrogen) atoms. The van der Waals surface area contributed by atoms with Crippen molar-refractivity contribution in [3.05, 3.63) is 28.5 Å². The van der Waals surface area contributed by atoms with Gasteiger partial charge in [0.2, 0.25) is 0 Å². The summed E-state index contributed by atoms with van der Waals surface area (Å²) >= 11 is 2.89. The van der Waals surface area contributed by atoms with E-state index in [0.29, 0.717) is 0 Å². The highest BCUT2D eigenvalue weighted by Crippen LogP contribution is 2.19. The maximum atomic E-state index is 12.8. The Morgan fingerprint density at radius 3 is 2.57 bits per heavy atom. The van der Waals surface area contributed by atoms with Crippen LogP contribution in [0.3, 0.4) is 0 Å². The van der Waals surface area contributed by atoms with Gasteiger partial charge < -0.3 is 5.32 Å². The lowest BCUT2D eigenvalue weighted by Gasteiger charge is -2.04. The molecular formula is C8H5BrF3NO. The van der Waals surface area contributed by atoms with E-state index in [1.165, 1.54) is 12.1 Å². The lowest BCUT2D eigenvalue weighted by molar-refractivity contribution is -0.126. The second-order valence-electron chi connectivity index (χ2n) is 2.42. The monoisotopic (exact) mass is 267 g/mol. The highest BCUT2D eigenvalue weighted by Gasteiger charge is 2.15. The van der Waals surface area contributed by atoms with Gasteiger partial charge in [-0.2, -0.15) is 8.78 Å². The van der Waals surface area contributed by atoms with Crippen LogP contribution in [-0.4, -0.2) is 12.3 Å². The number of hydrogen-bond acceptors (Lipinski definition) is 1. The molecule has 0 spiro atoms. The van der Waals surface area contributed by atoms with E-state index in [9.17, 15) is 18.0 Å². The van der Waals surface area contributed by atoms with Crippen molar-refractivity contribution in [1.82, 2.24) is 0 Å². The molecule has 0 aromatic heterocycles. The molecule has 0 saturated heterocycles. The lowest BCUT2D eigenvalue weighted by Crippen LogP contribution is -2.20. The van der Waals surface area contributed by atoms with Gasteiger partial charge in [0.1, 0.15) is 5.82 Å². The average molecular weight is 268 g/mol. The Kier molecular flexibility index (Phi) is 3.51. The van der Waals surface area contributed by atoms with Gasteiger partial charge in [0.05, 0.1) is 4.47 Å². The van der Waals surface area contributed by atoms with Crippen LogP contribution >= 0.6 is 15.9 Å². The fourth-order valence-electron chi connectivity index (χ4n) is 0.771. The minimum Gasteiger partial charge on any atom is -0.321 e. The van der Waals surface area contributed by atoms with E-state index < -0.39 is 18.1 Å². The molecule has 0 bridgehead atoms. The number of anilines is 1. The van der Waals surface area contributed by atoms with Crippen LogP contribution in [0.25, 0.3) is 0 Å². The van der Waals surface area contributed by atoms with Crippen LogP contribution in [0, 0.1) is 5.82 Å². The van der Waals surface area contributed by atoms with E-state index in [2.05, 4.69) is 15.9 Å². The molecule has 0 atom stereocenters. The SMILES string of the molecule is O=C(Nc1ccc(Br)c(F)c1)C(F)F. The number of amides is 1. The molecule has 0 aliphatic carbocycles. The van der Waals surface area contributed by atoms with Crippen molar-refractivity contribution in [2.75, 3.05) is 5.32 Å². The number of hydrogen-bond donors (Lipinski definition) is 1. The fourth-order valence-corrected chi connectivity index (χ4v) is 1.02. The predicted octanol–water partition coefficient (Wildman–Crippen LogP) is 2.79. The summed E-state index contributed by atoms with van der Waals surface area (Å²) in [6.45, 7) is 0. The molecule has 0 saturated carbocycles. The van der Waals surface area contributed by atoms with Gasteiger partial charge in [-0.3, -0.25) is 4.79 Å². The molecule has 0 heterocycles. The van der Waals surface area contributed by atoms with E-state index in [-0.39, 0.29) is 10.2 Å². The van der Waals surface area contributed by atoms with E-state index >= 15 is 0 Å². The van der Waals surface area contributed by atoms with Gasteiger partial charge >= 0.3 is 6.43 Å². The molecule has 0 aliphatic heterocycles. The van der Waals surface area contributed by atoms with Crippen LogP contribution in [0.15, 0.2) is 22.7 Å². The number of rotatable bonds is 2. The van der Waals surface area contributed by atoms with Crippen molar-refractivity contribution >= 4 is 27.5 Å². The zero-order chi connectivity index (χ0) is 10.7. The van der Waals surface area contributed by atoms with Crippen molar-refractivity contribution < 1.29 is 18.0 Å². The highest BCUT2D eigenvalue weighted by atomic mass is 79.9. The highest BCUT2D eigenvalue weighted by molar-refractivity contribution is 9.10. The fraction of sp³-hybridized carbons (Fsp3) is 0.125. The van der Waals surface area contributed by atoms with Gasteiger partial charge in [0.25, 0.3) is 5.91 Å². The Hall–Kier alpha value is -1.04. The summed E-state index contributed by atoms with van der Waals surface area (Å²) in [6, 6.07) is 3.58. The number of alkyl halides is 2. The molecule has 2 nitrogen and oxygen atoms in total. The molecule has 1 amide bonds. The Morgan fingerprint density at radius 2 is 2.07 bits per heavy atom. The molecule has 1 rings (SSSR count). The zero-order valence-corrected chi connectivity index (χ0v) is 8.32. The van der Waals surface area contributed by atoms with Crippen LogP contribution in [0.5, 0.6) is 0 Å². The van der Waals surface area contributed by atoms with Crippen LogP contribution < -0.4 is 5.32 Å². The van der Waals surface area contributed by atoms with Crippen molar-refractivity contribution in [1.29, 1.82) is 0 Å². The second kappa shape index (κ2) is 4.45. The van der Waals surface area contributed by atoms with Crippen molar-refractivity contribution in [3.63, 3.8) is 0 Å². The van der Waals surface area contributed by atoms with Gasteiger partial charge in [-0.05, 0) is 34.1 Å². The molecule has 0 unspecified atom stereocenters.